The minimum absolute atomic E-state index is 0.0860. The van der Waals surface area contributed by atoms with E-state index in [4.69, 9.17) is 16.2 Å². The van der Waals surface area contributed by atoms with Crippen molar-refractivity contribution >= 4 is 22.9 Å². The van der Waals surface area contributed by atoms with E-state index in [1.54, 1.807) is 97.1 Å². The standard InChI is InChI=1S/C26H20N2O3/c27-21-9-1-17(2-10-21)25(29)19-5-13-23(14-6-19)31-24-15-7-20(8-16-24)26(30)18-3-11-22(28)12-4-18/h1-16H,27-28H2. The molecule has 4 rings (SSSR count). The van der Waals surface area contributed by atoms with Crippen LogP contribution in [-0.4, -0.2) is 11.6 Å². The summed E-state index contributed by atoms with van der Waals surface area (Å²) in [5, 5.41) is 0. The molecule has 0 radical (unpaired) electrons. The van der Waals surface area contributed by atoms with Gasteiger partial charge in [-0.15, -0.1) is 0 Å². The Hall–Kier alpha value is -4.38. The first-order valence-electron chi connectivity index (χ1n) is 9.68. The van der Waals surface area contributed by atoms with Crippen molar-refractivity contribution < 1.29 is 14.3 Å². The predicted molar refractivity (Wildman–Crippen MR) is 122 cm³/mol. The quantitative estimate of drug-likeness (QED) is 0.342. The van der Waals surface area contributed by atoms with Crippen molar-refractivity contribution in [2.24, 2.45) is 0 Å². The first-order valence-corrected chi connectivity index (χ1v) is 9.68. The average Bonchev–Trinajstić information content (AvgIpc) is 2.80. The first kappa shape index (κ1) is 19.9. The molecule has 4 aromatic rings. The van der Waals surface area contributed by atoms with Crippen molar-refractivity contribution in [1.29, 1.82) is 0 Å². The second kappa shape index (κ2) is 8.55. The number of ketones is 2. The van der Waals surface area contributed by atoms with Crippen molar-refractivity contribution in [2.75, 3.05) is 11.5 Å². The van der Waals surface area contributed by atoms with Crippen LogP contribution in [0.3, 0.4) is 0 Å². The van der Waals surface area contributed by atoms with Crippen LogP contribution < -0.4 is 16.2 Å². The highest BCUT2D eigenvalue weighted by atomic mass is 16.5. The Bertz CT molecular complexity index is 1110. The monoisotopic (exact) mass is 408 g/mol. The summed E-state index contributed by atoms with van der Waals surface area (Å²) in [4.78, 5) is 25.1. The van der Waals surface area contributed by atoms with Crippen LogP contribution in [0.4, 0.5) is 11.4 Å². The van der Waals surface area contributed by atoms with Gasteiger partial charge >= 0.3 is 0 Å². The van der Waals surface area contributed by atoms with E-state index in [1.165, 1.54) is 0 Å². The number of hydrogen-bond donors (Lipinski definition) is 2. The predicted octanol–water partition coefficient (Wildman–Crippen LogP) is 5.11. The van der Waals surface area contributed by atoms with E-state index in [0.29, 0.717) is 45.1 Å². The molecule has 0 bridgehead atoms. The van der Waals surface area contributed by atoms with Gasteiger partial charge in [0.2, 0.25) is 0 Å². The van der Waals surface area contributed by atoms with E-state index >= 15 is 0 Å². The summed E-state index contributed by atoms with van der Waals surface area (Å²) in [6.07, 6.45) is 0. The van der Waals surface area contributed by atoms with Gasteiger partial charge in [-0.25, -0.2) is 0 Å². The Balaban J connectivity index is 1.43. The van der Waals surface area contributed by atoms with Gasteiger partial charge in [-0.05, 0) is 97.1 Å². The Kier molecular flexibility index (Phi) is 5.49. The maximum Gasteiger partial charge on any atom is 0.193 e. The van der Waals surface area contributed by atoms with E-state index in [9.17, 15) is 9.59 Å². The Morgan fingerprint density at radius 1 is 0.452 bits per heavy atom. The van der Waals surface area contributed by atoms with Crippen LogP contribution in [-0.2, 0) is 0 Å². The summed E-state index contributed by atoms with van der Waals surface area (Å²) in [5.41, 5.74) is 14.8. The zero-order chi connectivity index (χ0) is 21.8. The molecule has 0 saturated heterocycles. The van der Waals surface area contributed by atoms with Crippen LogP contribution in [0.5, 0.6) is 11.5 Å². The van der Waals surface area contributed by atoms with Crippen LogP contribution in [0.15, 0.2) is 97.1 Å². The van der Waals surface area contributed by atoms with Gasteiger partial charge in [0.25, 0.3) is 0 Å². The van der Waals surface area contributed by atoms with Gasteiger partial charge < -0.3 is 16.2 Å². The van der Waals surface area contributed by atoms with Crippen LogP contribution >= 0.6 is 0 Å². The van der Waals surface area contributed by atoms with E-state index in [0.717, 1.165) is 0 Å². The second-order valence-corrected chi connectivity index (χ2v) is 7.05. The Labute approximate surface area is 179 Å². The lowest BCUT2D eigenvalue weighted by Crippen LogP contribution is -2.02. The third-order valence-corrected chi connectivity index (χ3v) is 4.81. The first-order chi connectivity index (χ1) is 15.0. The maximum atomic E-state index is 12.5. The molecule has 0 heterocycles. The number of hydrogen-bond acceptors (Lipinski definition) is 5. The van der Waals surface area contributed by atoms with E-state index < -0.39 is 0 Å². The Morgan fingerprint density at radius 2 is 0.710 bits per heavy atom. The number of ether oxygens (including phenoxy) is 1. The lowest BCUT2D eigenvalue weighted by Gasteiger charge is -2.08. The number of nitrogen functional groups attached to an aromatic ring is 2. The zero-order valence-electron chi connectivity index (χ0n) is 16.6. The molecule has 0 spiro atoms. The molecule has 0 aromatic heterocycles. The minimum atomic E-state index is -0.0860. The van der Waals surface area contributed by atoms with Gasteiger partial charge in [0, 0.05) is 33.6 Å². The van der Waals surface area contributed by atoms with Gasteiger partial charge in [0.15, 0.2) is 11.6 Å². The molecule has 4 N–H and O–H groups in total. The second-order valence-electron chi connectivity index (χ2n) is 7.05. The summed E-state index contributed by atoms with van der Waals surface area (Å²) < 4.78 is 5.84. The lowest BCUT2D eigenvalue weighted by atomic mass is 10.0. The third-order valence-electron chi connectivity index (χ3n) is 4.81. The fourth-order valence-electron chi connectivity index (χ4n) is 3.09. The molecule has 0 aliphatic carbocycles. The van der Waals surface area contributed by atoms with Crippen molar-refractivity contribution in [3.63, 3.8) is 0 Å². The maximum absolute atomic E-state index is 12.5. The smallest absolute Gasteiger partial charge is 0.193 e. The average molecular weight is 408 g/mol. The number of rotatable bonds is 6. The number of benzene rings is 4. The molecule has 0 atom stereocenters. The van der Waals surface area contributed by atoms with Crippen molar-refractivity contribution in [1.82, 2.24) is 0 Å². The lowest BCUT2D eigenvalue weighted by molar-refractivity contribution is 0.103. The molecular formula is C26H20N2O3. The van der Waals surface area contributed by atoms with Crippen LogP contribution in [0.1, 0.15) is 31.8 Å². The van der Waals surface area contributed by atoms with Gasteiger partial charge in [-0.1, -0.05) is 0 Å². The molecule has 0 aliphatic heterocycles. The molecule has 0 unspecified atom stereocenters. The highest BCUT2D eigenvalue weighted by molar-refractivity contribution is 6.09. The van der Waals surface area contributed by atoms with Crippen LogP contribution in [0.25, 0.3) is 0 Å². The highest BCUT2D eigenvalue weighted by Crippen LogP contribution is 2.24. The number of carbonyl (C=O) groups excluding carboxylic acids is 2. The van der Waals surface area contributed by atoms with E-state index in [-0.39, 0.29) is 11.6 Å². The van der Waals surface area contributed by atoms with Gasteiger partial charge in [-0.2, -0.15) is 0 Å². The van der Waals surface area contributed by atoms with Crippen molar-refractivity contribution in [3.05, 3.63) is 119 Å². The normalized spacial score (nSPS) is 10.5. The molecule has 0 amide bonds. The summed E-state index contributed by atoms with van der Waals surface area (Å²) in [6.45, 7) is 0. The summed E-state index contributed by atoms with van der Waals surface area (Å²) in [7, 11) is 0. The summed E-state index contributed by atoms with van der Waals surface area (Å²) in [6, 6.07) is 27.4. The molecule has 0 saturated carbocycles. The molecule has 5 nitrogen and oxygen atoms in total. The fourth-order valence-corrected chi connectivity index (χ4v) is 3.09. The fraction of sp³-hybridized carbons (Fsp3) is 0. The molecule has 4 aromatic carbocycles. The molecule has 5 heteroatoms. The van der Waals surface area contributed by atoms with E-state index in [1.807, 2.05) is 0 Å². The summed E-state index contributed by atoms with van der Waals surface area (Å²) in [5.74, 6) is 1.01. The topological polar surface area (TPSA) is 95.4 Å². The van der Waals surface area contributed by atoms with Gasteiger partial charge in [0.05, 0.1) is 0 Å². The number of nitrogens with two attached hydrogens (primary N) is 2. The Morgan fingerprint density at radius 3 is 1.00 bits per heavy atom. The molecule has 31 heavy (non-hydrogen) atoms. The van der Waals surface area contributed by atoms with E-state index in [2.05, 4.69) is 0 Å². The number of anilines is 2. The van der Waals surface area contributed by atoms with Gasteiger partial charge in [0.1, 0.15) is 11.5 Å². The third kappa shape index (κ3) is 4.62. The molecule has 0 fully saturated rings. The van der Waals surface area contributed by atoms with Crippen LogP contribution in [0.2, 0.25) is 0 Å². The van der Waals surface area contributed by atoms with Gasteiger partial charge in [-0.3, -0.25) is 9.59 Å². The SMILES string of the molecule is Nc1ccc(C(=O)c2ccc(Oc3ccc(C(=O)c4ccc(N)cc4)cc3)cc2)cc1. The summed E-state index contributed by atoms with van der Waals surface area (Å²) >= 11 is 0. The van der Waals surface area contributed by atoms with Crippen LogP contribution in [0, 0.1) is 0 Å². The van der Waals surface area contributed by atoms with Crippen molar-refractivity contribution in [2.45, 2.75) is 0 Å². The highest BCUT2D eigenvalue weighted by Gasteiger charge is 2.11. The minimum Gasteiger partial charge on any atom is -0.457 e. The van der Waals surface area contributed by atoms with Crippen molar-refractivity contribution in [3.8, 4) is 11.5 Å². The largest absolute Gasteiger partial charge is 0.457 e. The zero-order valence-corrected chi connectivity index (χ0v) is 16.6. The number of carbonyl (C=O) groups is 2. The molecule has 0 aliphatic rings. The molecular weight excluding hydrogens is 388 g/mol. The molecule has 152 valence electrons.